The summed E-state index contributed by atoms with van der Waals surface area (Å²) in [6.07, 6.45) is 29.0. The Balaban J connectivity index is 0.857. The monoisotopic (exact) mass is 907 g/mol. The molecular weight excluding hydrogens is 847 g/mol. The van der Waals surface area contributed by atoms with Crippen molar-refractivity contribution in [3.05, 3.63) is 274 Å². The van der Waals surface area contributed by atoms with Gasteiger partial charge in [0.05, 0.1) is 6.04 Å². The first-order valence-corrected chi connectivity index (χ1v) is 24.9. The molecule has 0 aromatic heterocycles. The molecule has 0 N–H and O–H groups in total. The Morgan fingerprint density at radius 1 is 0.443 bits per heavy atom. The molecule has 7 aromatic carbocycles. The van der Waals surface area contributed by atoms with Crippen molar-refractivity contribution < 1.29 is 0 Å². The lowest BCUT2D eigenvalue weighted by Gasteiger charge is -2.33. The number of allylic oxidation sites excluding steroid dienone is 6. The molecule has 0 saturated heterocycles. The molecular formula is C67H61N3. The molecule has 0 amide bonds. The minimum Gasteiger partial charge on any atom is -0.334 e. The Labute approximate surface area is 416 Å². The van der Waals surface area contributed by atoms with Gasteiger partial charge in [0.15, 0.2) is 0 Å². The van der Waals surface area contributed by atoms with E-state index in [4.69, 9.17) is 0 Å². The van der Waals surface area contributed by atoms with Gasteiger partial charge in [0.25, 0.3) is 0 Å². The minimum atomic E-state index is 0.270. The van der Waals surface area contributed by atoms with Crippen molar-refractivity contribution in [2.75, 3.05) is 14.7 Å². The standard InChI is InChI=1S/C67H61N3/c1-49-7-5-10-59(32-11-49)68(60-33-12-50(2)13-34-60)63-39-22-53(23-40-63)18-19-55-26-43-65(44-27-55)70(67-47-30-58(31-48-67)57-8-6-9-57)66-45-28-56(29-46-66)21-20-54-24-41-64(42-25-54)69(61-35-14-51(3)15-36-61)62-37-16-52(4)17-38-62/h5,10-37,39-48,57,62H,6,8-9,38H2,1-4H3/b19-18+,21-20+. The largest absolute Gasteiger partial charge is 0.334 e. The van der Waals surface area contributed by atoms with Crippen molar-refractivity contribution in [2.24, 2.45) is 0 Å². The fraction of sp³-hybridized carbons (Fsp3) is 0.149. The van der Waals surface area contributed by atoms with Gasteiger partial charge in [0.1, 0.15) is 0 Å². The molecule has 1 atom stereocenters. The Hall–Kier alpha value is -8.10. The summed E-state index contributed by atoms with van der Waals surface area (Å²) in [5.74, 6) is 0.692. The fourth-order valence-electron chi connectivity index (χ4n) is 9.43. The van der Waals surface area contributed by atoms with Crippen LogP contribution in [0.15, 0.2) is 235 Å². The lowest BCUT2D eigenvalue weighted by atomic mass is 9.80. The fourth-order valence-corrected chi connectivity index (χ4v) is 9.43. The summed E-state index contributed by atoms with van der Waals surface area (Å²) < 4.78 is 0. The maximum absolute atomic E-state index is 3.33. The van der Waals surface area contributed by atoms with E-state index in [1.54, 1.807) is 0 Å². The van der Waals surface area contributed by atoms with Crippen LogP contribution in [0.2, 0.25) is 0 Å². The highest BCUT2D eigenvalue weighted by atomic mass is 15.2. The first kappa shape index (κ1) is 45.7. The van der Waals surface area contributed by atoms with E-state index in [1.807, 2.05) is 6.08 Å². The summed E-state index contributed by atoms with van der Waals surface area (Å²) >= 11 is 0. The van der Waals surface area contributed by atoms with Gasteiger partial charge in [-0.2, -0.15) is 0 Å². The van der Waals surface area contributed by atoms with Crippen LogP contribution in [0.3, 0.4) is 0 Å². The summed E-state index contributed by atoms with van der Waals surface area (Å²) in [7, 11) is 0. The van der Waals surface area contributed by atoms with E-state index in [-0.39, 0.29) is 6.04 Å². The molecule has 3 aliphatic rings. The third kappa shape index (κ3) is 10.8. The highest BCUT2D eigenvalue weighted by molar-refractivity contribution is 5.81. The number of rotatable bonds is 14. The van der Waals surface area contributed by atoms with Crippen LogP contribution >= 0.6 is 0 Å². The highest BCUT2D eigenvalue weighted by Gasteiger charge is 2.22. The molecule has 0 radical (unpaired) electrons. The second kappa shape index (κ2) is 21.0. The zero-order valence-corrected chi connectivity index (χ0v) is 40.8. The van der Waals surface area contributed by atoms with Crippen LogP contribution in [0.4, 0.5) is 39.8 Å². The van der Waals surface area contributed by atoms with Crippen LogP contribution in [0.1, 0.15) is 84.4 Å². The Kier molecular flexibility index (Phi) is 13.7. The Bertz CT molecular complexity index is 3170. The molecule has 0 heterocycles. The van der Waals surface area contributed by atoms with Crippen LogP contribution in [0, 0.1) is 13.8 Å². The third-order valence-corrected chi connectivity index (χ3v) is 13.8. The van der Waals surface area contributed by atoms with Gasteiger partial charge in [0, 0.05) is 45.5 Å². The van der Waals surface area contributed by atoms with E-state index < -0.39 is 0 Å². The molecule has 0 bridgehead atoms. The molecule has 1 saturated carbocycles. The molecule has 10 rings (SSSR count). The Morgan fingerprint density at radius 2 is 0.857 bits per heavy atom. The van der Waals surface area contributed by atoms with E-state index >= 15 is 0 Å². The van der Waals surface area contributed by atoms with Gasteiger partial charge in [-0.15, -0.1) is 5.73 Å². The first-order valence-electron chi connectivity index (χ1n) is 24.9. The molecule has 344 valence electrons. The van der Waals surface area contributed by atoms with E-state index in [9.17, 15) is 0 Å². The summed E-state index contributed by atoms with van der Waals surface area (Å²) in [6, 6.07) is 62.7. The second-order valence-corrected chi connectivity index (χ2v) is 19.0. The number of anilines is 7. The predicted molar refractivity (Wildman–Crippen MR) is 301 cm³/mol. The van der Waals surface area contributed by atoms with Gasteiger partial charge in [-0.3, -0.25) is 0 Å². The number of benzene rings is 7. The smallest absolute Gasteiger partial charge is 0.0560 e. The molecule has 0 aliphatic heterocycles. The topological polar surface area (TPSA) is 9.72 Å². The normalized spacial score (nSPS) is 15.6. The van der Waals surface area contributed by atoms with E-state index in [0.29, 0.717) is 5.92 Å². The van der Waals surface area contributed by atoms with Gasteiger partial charge in [-0.25, -0.2) is 0 Å². The first-order chi connectivity index (χ1) is 34.3. The quantitative estimate of drug-likeness (QED) is 0.0795. The highest BCUT2D eigenvalue weighted by Crippen LogP contribution is 2.40. The Morgan fingerprint density at radius 3 is 1.29 bits per heavy atom. The summed E-state index contributed by atoms with van der Waals surface area (Å²) in [4.78, 5) is 7.12. The van der Waals surface area contributed by atoms with Crippen LogP contribution in [0.25, 0.3) is 24.3 Å². The van der Waals surface area contributed by atoms with Crippen LogP contribution in [-0.4, -0.2) is 6.04 Å². The number of hydrogen-bond acceptors (Lipinski definition) is 3. The maximum atomic E-state index is 3.33. The van der Waals surface area contributed by atoms with E-state index in [2.05, 4.69) is 279 Å². The van der Waals surface area contributed by atoms with Crippen molar-refractivity contribution >= 4 is 64.1 Å². The molecule has 70 heavy (non-hydrogen) atoms. The zero-order chi connectivity index (χ0) is 47.8. The maximum Gasteiger partial charge on any atom is 0.0560 e. The van der Waals surface area contributed by atoms with Gasteiger partial charge in [0.2, 0.25) is 0 Å². The average molecular weight is 908 g/mol. The third-order valence-electron chi connectivity index (χ3n) is 13.8. The van der Waals surface area contributed by atoms with E-state index in [1.165, 1.54) is 58.5 Å². The number of hydrogen-bond donors (Lipinski definition) is 0. The average Bonchev–Trinajstić information content (AvgIpc) is 3.60. The van der Waals surface area contributed by atoms with Crippen molar-refractivity contribution in [3.63, 3.8) is 0 Å². The second-order valence-electron chi connectivity index (χ2n) is 19.0. The minimum absolute atomic E-state index is 0.270. The van der Waals surface area contributed by atoms with Gasteiger partial charge in [-0.05, 0) is 195 Å². The van der Waals surface area contributed by atoms with Crippen molar-refractivity contribution in [1.82, 2.24) is 0 Å². The van der Waals surface area contributed by atoms with Gasteiger partial charge in [-0.1, -0.05) is 151 Å². The van der Waals surface area contributed by atoms with E-state index in [0.717, 1.165) is 62.8 Å². The summed E-state index contributed by atoms with van der Waals surface area (Å²) in [5, 5.41) is 0. The van der Waals surface area contributed by atoms with Crippen molar-refractivity contribution in [2.45, 2.75) is 65.3 Å². The van der Waals surface area contributed by atoms with Crippen LogP contribution in [0.5, 0.6) is 0 Å². The zero-order valence-electron chi connectivity index (χ0n) is 40.8. The predicted octanol–water partition coefficient (Wildman–Crippen LogP) is 18.5. The van der Waals surface area contributed by atoms with Crippen LogP contribution in [-0.2, 0) is 0 Å². The van der Waals surface area contributed by atoms with Crippen molar-refractivity contribution in [3.8, 4) is 0 Å². The SMILES string of the molecule is CC1=C=CC=C(N(c2ccc(C)cc2)c2ccc(/C=C/c3ccc(N(c4ccc(/C=C/c5ccc(N(c6ccc(C)cc6)C6C=CC(C)=CC6)cc5)cc4)c4ccc(C5CCC5)cc4)cc3)cc2)C=C1. The molecule has 1 fully saturated rings. The number of nitrogens with zero attached hydrogens (tertiary/aromatic N) is 3. The van der Waals surface area contributed by atoms with Gasteiger partial charge < -0.3 is 14.7 Å². The molecule has 7 aromatic rings. The molecule has 0 spiro atoms. The van der Waals surface area contributed by atoms with Gasteiger partial charge >= 0.3 is 0 Å². The van der Waals surface area contributed by atoms with Crippen molar-refractivity contribution in [1.29, 1.82) is 0 Å². The molecule has 3 aliphatic carbocycles. The molecule has 1 unspecified atom stereocenters. The molecule has 3 heteroatoms. The number of aryl methyl sites for hydroxylation is 2. The summed E-state index contributed by atoms with van der Waals surface area (Å²) in [5.41, 5.74) is 23.4. The lowest BCUT2D eigenvalue weighted by Crippen LogP contribution is -2.30. The lowest BCUT2D eigenvalue weighted by molar-refractivity contribution is 0.420. The summed E-state index contributed by atoms with van der Waals surface area (Å²) in [6.45, 7) is 8.52. The molecule has 3 nitrogen and oxygen atoms in total. The van der Waals surface area contributed by atoms with Crippen LogP contribution < -0.4 is 14.7 Å².